The number of hydrogen-bond acceptors (Lipinski definition) is 5. The third kappa shape index (κ3) is 5.31. The van der Waals surface area contributed by atoms with Crippen LogP contribution < -0.4 is 5.32 Å². The molecule has 1 aromatic heterocycles. The molecule has 0 aliphatic carbocycles. The van der Waals surface area contributed by atoms with E-state index >= 15 is 0 Å². The molecule has 2 N–H and O–H groups in total. The van der Waals surface area contributed by atoms with Gasteiger partial charge < -0.3 is 15.0 Å². The first-order valence-electron chi connectivity index (χ1n) is 11.4. The molecule has 180 valence electrons. The lowest BCUT2D eigenvalue weighted by Gasteiger charge is -2.25. The van der Waals surface area contributed by atoms with Crippen LogP contribution in [-0.4, -0.2) is 55.8 Å². The average Bonchev–Trinajstić information content (AvgIpc) is 3.27. The van der Waals surface area contributed by atoms with Gasteiger partial charge in [-0.05, 0) is 42.2 Å². The van der Waals surface area contributed by atoms with Crippen LogP contribution in [0.5, 0.6) is 0 Å². The smallest absolute Gasteiger partial charge is 0.328 e. The predicted molar refractivity (Wildman–Crippen MR) is 129 cm³/mol. The van der Waals surface area contributed by atoms with Gasteiger partial charge in [-0.3, -0.25) is 4.79 Å². The summed E-state index contributed by atoms with van der Waals surface area (Å²) in [6.07, 6.45) is 4.93. The van der Waals surface area contributed by atoms with Crippen LogP contribution >= 0.6 is 0 Å². The zero-order chi connectivity index (χ0) is 24.1. The van der Waals surface area contributed by atoms with Gasteiger partial charge in [-0.15, -0.1) is 0 Å². The topological polar surface area (TPSA) is 109 Å². The lowest BCUT2D eigenvalue weighted by atomic mass is 10.0. The van der Waals surface area contributed by atoms with Gasteiger partial charge in [0.25, 0.3) is 0 Å². The van der Waals surface area contributed by atoms with Gasteiger partial charge in [0.2, 0.25) is 15.9 Å². The van der Waals surface area contributed by atoms with E-state index in [1.54, 1.807) is 12.1 Å². The van der Waals surface area contributed by atoms with Crippen molar-refractivity contribution in [2.24, 2.45) is 0 Å². The molecule has 1 aliphatic heterocycles. The highest BCUT2D eigenvalue weighted by atomic mass is 32.2. The number of fused-ring (bicyclic) bond motifs is 1. The largest absolute Gasteiger partial charge is 0.467 e. The summed E-state index contributed by atoms with van der Waals surface area (Å²) in [7, 11) is -2.23. The molecule has 0 unspecified atom stereocenters. The first-order valence-corrected chi connectivity index (χ1v) is 12.8. The second-order valence-corrected chi connectivity index (χ2v) is 10.4. The van der Waals surface area contributed by atoms with Gasteiger partial charge in [-0.2, -0.15) is 4.31 Å². The van der Waals surface area contributed by atoms with E-state index in [1.165, 1.54) is 23.5 Å². The number of carbonyl (C=O) groups excluding carboxylic acids is 2. The number of aromatic amines is 1. The predicted octanol–water partition coefficient (Wildman–Crippen LogP) is 2.79. The number of hydrogen-bond donors (Lipinski definition) is 2. The van der Waals surface area contributed by atoms with Crippen molar-refractivity contribution in [3.63, 3.8) is 0 Å². The SMILES string of the molecule is COC(=O)[C@H](Cc1c[nH]c2ccccc12)NC(=O)Cc1ccc(S(=O)(=O)N2CCCCC2)cc1. The molecule has 1 aliphatic rings. The molecule has 2 aromatic carbocycles. The number of sulfonamides is 1. The number of piperidine rings is 1. The van der Waals surface area contributed by atoms with E-state index in [0.717, 1.165) is 35.7 Å². The van der Waals surface area contributed by atoms with Crippen LogP contribution in [-0.2, 0) is 37.2 Å². The van der Waals surface area contributed by atoms with Crippen molar-refractivity contribution in [3.8, 4) is 0 Å². The Morgan fingerprint density at radius 2 is 1.76 bits per heavy atom. The first-order chi connectivity index (χ1) is 16.4. The van der Waals surface area contributed by atoms with E-state index < -0.39 is 22.0 Å². The average molecular weight is 484 g/mol. The Bertz CT molecular complexity index is 1260. The molecule has 8 nitrogen and oxygen atoms in total. The number of H-pyrrole nitrogens is 1. The number of ether oxygens (including phenoxy) is 1. The second-order valence-electron chi connectivity index (χ2n) is 8.49. The molecule has 1 saturated heterocycles. The number of nitrogens with zero attached hydrogens (tertiary/aromatic N) is 1. The lowest BCUT2D eigenvalue weighted by Crippen LogP contribution is -2.43. The molecule has 1 amide bonds. The maximum atomic E-state index is 12.8. The van der Waals surface area contributed by atoms with Gasteiger partial charge in [-0.25, -0.2) is 13.2 Å². The number of methoxy groups -OCH3 is 1. The quantitative estimate of drug-likeness (QED) is 0.479. The zero-order valence-electron chi connectivity index (χ0n) is 19.1. The van der Waals surface area contributed by atoms with Crippen LogP contribution in [0.2, 0.25) is 0 Å². The molecule has 0 bridgehead atoms. The van der Waals surface area contributed by atoms with E-state index in [9.17, 15) is 18.0 Å². The van der Waals surface area contributed by atoms with Gasteiger partial charge in [0.15, 0.2) is 0 Å². The Morgan fingerprint density at radius 3 is 2.47 bits per heavy atom. The second kappa shape index (κ2) is 10.4. The summed E-state index contributed by atoms with van der Waals surface area (Å²) in [6, 6.07) is 13.3. The summed E-state index contributed by atoms with van der Waals surface area (Å²) in [6.45, 7) is 1.08. The fraction of sp³-hybridized carbons (Fsp3) is 0.360. The van der Waals surface area contributed by atoms with Crippen molar-refractivity contribution >= 4 is 32.8 Å². The summed E-state index contributed by atoms with van der Waals surface area (Å²) in [5, 5.41) is 3.74. The molecule has 0 radical (unpaired) electrons. The Kier molecular flexibility index (Phi) is 7.33. The van der Waals surface area contributed by atoms with Crippen LogP contribution in [0.25, 0.3) is 10.9 Å². The molecular weight excluding hydrogens is 454 g/mol. The number of para-hydroxylation sites is 1. The summed E-state index contributed by atoms with van der Waals surface area (Å²) in [4.78, 5) is 28.5. The molecule has 4 rings (SSSR count). The van der Waals surface area contributed by atoms with E-state index in [1.807, 2.05) is 30.5 Å². The molecular formula is C25H29N3O5S. The van der Waals surface area contributed by atoms with Crippen LogP contribution in [0, 0.1) is 0 Å². The minimum absolute atomic E-state index is 0.0193. The maximum absolute atomic E-state index is 12.8. The van der Waals surface area contributed by atoms with Gasteiger partial charge in [0.05, 0.1) is 18.4 Å². The number of benzene rings is 2. The summed E-state index contributed by atoms with van der Waals surface area (Å²) in [5.74, 6) is -0.872. The lowest BCUT2D eigenvalue weighted by molar-refractivity contribution is -0.145. The molecule has 34 heavy (non-hydrogen) atoms. The van der Waals surface area contributed by atoms with E-state index in [4.69, 9.17) is 4.74 Å². The van der Waals surface area contributed by atoms with Gasteiger partial charge in [0, 0.05) is 36.6 Å². The minimum Gasteiger partial charge on any atom is -0.467 e. The monoisotopic (exact) mass is 483 g/mol. The van der Waals surface area contributed by atoms with Crippen molar-refractivity contribution < 1.29 is 22.7 Å². The van der Waals surface area contributed by atoms with Crippen molar-refractivity contribution in [3.05, 3.63) is 65.9 Å². The Hall–Kier alpha value is -3.17. The highest BCUT2D eigenvalue weighted by Gasteiger charge is 2.26. The van der Waals surface area contributed by atoms with Crippen molar-refractivity contribution in [1.29, 1.82) is 0 Å². The Morgan fingerprint density at radius 1 is 1.06 bits per heavy atom. The molecule has 0 spiro atoms. The fourth-order valence-corrected chi connectivity index (χ4v) is 5.84. The number of nitrogens with one attached hydrogen (secondary N) is 2. The van der Waals surface area contributed by atoms with Crippen molar-refractivity contribution in [2.45, 2.75) is 43.0 Å². The summed E-state index contributed by atoms with van der Waals surface area (Å²) >= 11 is 0. The molecule has 3 aromatic rings. The highest BCUT2D eigenvalue weighted by Crippen LogP contribution is 2.22. The molecule has 2 heterocycles. The van der Waals surface area contributed by atoms with E-state index in [2.05, 4.69) is 10.3 Å². The molecule has 0 saturated carbocycles. The molecule has 1 fully saturated rings. The van der Waals surface area contributed by atoms with Gasteiger partial charge in [-0.1, -0.05) is 36.8 Å². The fourth-order valence-electron chi connectivity index (χ4n) is 4.32. The van der Waals surface area contributed by atoms with E-state index in [-0.39, 0.29) is 23.6 Å². The maximum Gasteiger partial charge on any atom is 0.328 e. The number of carbonyl (C=O) groups is 2. The number of aromatic nitrogens is 1. The summed E-state index contributed by atoms with van der Waals surface area (Å²) < 4.78 is 32.0. The minimum atomic E-state index is -3.52. The van der Waals surface area contributed by atoms with Crippen LogP contribution in [0.3, 0.4) is 0 Å². The normalized spacial score (nSPS) is 15.7. The highest BCUT2D eigenvalue weighted by molar-refractivity contribution is 7.89. The molecule has 1 atom stereocenters. The van der Waals surface area contributed by atoms with Crippen molar-refractivity contribution in [2.75, 3.05) is 20.2 Å². The summed E-state index contributed by atoms with van der Waals surface area (Å²) in [5.41, 5.74) is 2.51. The van der Waals surface area contributed by atoms with Gasteiger partial charge >= 0.3 is 5.97 Å². The van der Waals surface area contributed by atoms with Crippen LogP contribution in [0.15, 0.2) is 59.6 Å². The third-order valence-corrected chi connectivity index (χ3v) is 8.07. The zero-order valence-corrected chi connectivity index (χ0v) is 19.9. The number of rotatable bonds is 8. The first kappa shape index (κ1) is 24.0. The number of esters is 1. The van der Waals surface area contributed by atoms with E-state index in [0.29, 0.717) is 18.7 Å². The Labute approximate surface area is 199 Å². The van der Waals surface area contributed by atoms with Gasteiger partial charge in [0.1, 0.15) is 6.04 Å². The van der Waals surface area contributed by atoms with Crippen LogP contribution in [0.4, 0.5) is 0 Å². The Balaban J connectivity index is 1.42. The molecule has 9 heteroatoms. The standard InChI is InChI=1S/C25H29N3O5S/c1-33-25(30)23(16-19-17-26-22-8-4-3-7-21(19)22)27-24(29)15-18-9-11-20(12-10-18)34(31,32)28-13-5-2-6-14-28/h3-4,7-12,17,23,26H,2,5-6,13-16H2,1H3,(H,27,29)/t23-/m0/s1. The number of amides is 1. The van der Waals surface area contributed by atoms with Crippen molar-refractivity contribution in [1.82, 2.24) is 14.6 Å². The third-order valence-electron chi connectivity index (χ3n) is 6.16. The van der Waals surface area contributed by atoms with Crippen LogP contribution in [0.1, 0.15) is 30.4 Å².